The van der Waals surface area contributed by atoms with E-state index < -0.39 is 5.97 Å². The molecule has 0 unspecified atom stereocenters. The highest BCUT2D eigenvalue weighted by atomic mass is 16.4. The molecule has 5 heteroatoms. The normalized spacial score (nSPS) is 23.5. The lowest BCUT2D eigenvalue weighted by atomic mass is 9.84. The Hall–Kier alpha value is -1.26. The molecular weight excluding hydrogens is 232 g/mol. The van der Waals surface area contributed by atoms with Gasteiger partial charge in [-0.1, -0.05) is 13.3 Å². The number of rotatable bonds is 4. The number of nitrogens with zero attached hydrogens (tertiary/aromatic N) is 2. The van der Waals surface area contributed by atoms with Gasteiger partial charge >= 0.3 is 12.0 Å². The SMILES string of the molecule is CCC1CCC(N(C)C(=O)N(C)CC(=O)O)CC1. The van der Waals surface area contributed by atoms with Crippen molar-refractivity contribution in [2.24, 2.45) is 5.92 Å². The van der Waals surface area contributed by atoms with Gasteiger partial charge in [0, 0.05) is 20.1 Å². The van der Waals surface area contributed by atoms with Crippen molar-refractivity contribution in [1.82, 2.24) is 9.80 Å². The fraction of sp³-hybridized carbons (Fsp3) is 0.846. The number of hydrogen-bond donors (Lipinski definition) is 1. The second kappa shape index (κ2) is 6.61. The van der Waals surface area contributed by atoms with Crippen LogP contribution in [-0.2, 0) is 4.79 Å². The van der Waals surface area contributed by atoms with Gasteiger partial charge in [-0.05, 0) is 31.6 Å². The number of hydrogen-bond acceptors (Lipinski definition) is 2. The highest BCUT2D eigenvalue weighted by Gasteiger charge is 2.27. The average molecular weight is 256 g/mol. The van der Waals surface area contributed by atoms with E-state index in [1.165, 1.54) is 31.2 Å². The van der Waals surface area contributed by atoms with Crippen LogP contribution in [0.3, 0.4) is 0 Å². The number of likely N-dealkylation sites (N-methyl/N-ethyl adjacent to an activating group) is 1. The molecule has 1 N–H and O–H groups in total. The Morgan fingerprint density at radius 2 is 1.72 bits per heavy atom. The highest BCUT2D eigenvalue weighted by molar-refractivity contribution is 5.79. The zero-order valence-corrected chi connectivity index (χ0v) is 11.6. The summed E-state index contributed by atoms with van der Waals surface area (Å²) < 4.78 is 0. The van der Waals surface area contributed by atoms with E-state index in [0.717, 1.165) is 18.8 Å². The second-order valence-electron chi connectivity index (χ2n) is 5.23. The third-order valence-electron chi connectivity index (χ3n) is 3.94. The Morgan fingerprint density at radius 3 is 2.17 bits per heavy atom. The Bertz CT molecular complexity index is 299. The summed E-state index contributed by atoms with van der Waals surface area (Å²) in [6.07, 6.45) is 5.61. The molecule has 1 rings (SSSR count). The minimum atomic E-state index is -0.978. The van der Waals surface area contributed by atoms with Gasteiger partial charge in [-0.25, -0.2) is 4.79 Å². The van der Waals surface area contributed by atoms with Crippen LogP contribution in [0.5, 0.6) is 0 Å². The van der Waals surface area contributed by atoms with E-state index in [1.807, 2.05) is 0 Å². The topological polar surface area (TPSA) is 60.9 Å². The van der Waals surface area contributed by atoms with Crippen LogP contribution in [0.1, 0.15) is 39.0 Å². The first-order valence-corrected chi connectivity index (χ1v) is 6.65. The molecule has 104 valence electrons. The van der Waals surface area contributed by atoms with Gasteiger partial charge < -0.3 is 14.9 Å². The maximum Gasteiger partial charge on any atom is 0.323 e. The van der Waals surface area contributed by atoms with Gasteiger partial charge in [0.2, 0.25) is 0 Å². The van der Waals surface area contributed by atoms with Crippen LogP contribution in [-0.4, -0.2) is 53.6 Å². The molecule has 2 amide bonds. The first-order chi connectivity index (χ1) is 8.45. The zero-order chi connectivity index (χ0) is 13.7. The molecule has 1 fully saturated rings. The van der Waals surface area contributed by atoms with Gasteiger partial charge in [0.25, 0.3) is 0 Å². The van der Waals surface area contributed by atoms with Crippen molar-refractivity contribution in [1.29, 1.82) is 0 Å². The summed E-state index contributed by atoms with van der Waals surface area (Å²) in [4.78, 5) is 25.6. The molecule has 0 aromatic heterocycles. The average Bonchev–Trinajstić information content (AvgIpc) is 2.36. The van der Waals surface area contributed by atoms with Gasteiger partial charge in [0.15, 0.2) is 0 Å². The summed E-state index contributed by atoms with van der Waals surface area (Å²) in [7, 11) is 3.31. The smallest absolute Gasteiger partial charge is 0.323 e. The number of carbonyl (C=O) groups is 2. The molecule has 1 aliphatic carbocycles. The molecule has 0 radical (unpaired) electrons. The maximum atomic E-state index is 12.0. The minimum Gasteiger partial charge on any atom is -0.480 e. The molecule has 1 saturated carbocycles. The Balaban J connectivity index is 2.46. The van der Waals surface area contributed by atoms with E-state index in [9.17, 15) is 9.59 Å². The van der Waals surface area contributed by atoms with E-state index in [2.05, 4.69) is 6.92 Å². The minimum absolute atomic E-state index is 0.197. The Kier molecular flexibility index (Phi) is 5.44. The second-order valence-corrected chi connectivity index (χ2v) is 5.23. The molecule has 0 aliphatic heterocycles. The first-order valence-electron chi connectivity index (χ1n) is 6.65. The van der Waals surface area contributed by atoms with E-state index in [-0.39, 0.29) is 18.6 Å². The number of aliphatic carboxylic acids is 1. The van der Waals surface area contributed by atoms with Crippen molar-refractivity contribution in [3.63, 3.8) is 0 Å². The number of carboxylic acids is 1. The summed E-state index contributed by atoms with van der Waals surface area (Å²) >= 11 is 0. The number of urea groups is 1. The predicted octanol–water partition coefficient (Wildman–Crippen LogP) is 2.02. The van der Waals surface area contributed by atoms with Gasteiger partial charge in [-0.2, -0.15) is 0 Å². The molecule has 0 aromatic carbocycles. The highest BCUT2D eigenvalue weighted by Crippen LogP contribution is 2.29. The van der Waals surface area contributed by atoms with Crippen molar-refractivity contribution in [3.05, 3.63) is 0 Å². The van der Waals surface area contributed by atoms with Crippen molar-refractivity contribution >= 4 is 12.0 Å². The lowest BCUT2D eigenvalue weighted by Crippen LogP contribution is -2.47. The molecule has 1 aliphatic rings. The van der Waals surface area contributed by atoms with Crippen LogP contribution in [0.15, 0.2) is 0 Å². The van der Waals surface area contributed by atoms with Gasteiger partial charge in [-0.3, -0.25) is 4.79 Å². The summed E-state index contributed by atoms with van der Waals surface area (Å²) in [5, 5.41) is 8.68. The molecule has 0 saturated heterocycles. The lowest BCUT2D eigenvalue weighted by molar-refractivity contribution is -0.137. The van der Waals surface area contributed by atoms with E-state index in [0.29, 0.717) is 0 Å². The molecular formula is C13H24N2O3. The van der Waals surface area contributed by atoms with Crippen LogP contribution < -0.4 is 0 Å². The molecule has 18 heavy (non-hydrogen) atoms. The zero-order valence-electron chi connectivity index (χ0n) is 11.6. The fourth-order valence-electron chi connectivity index (χ4n) is 2.64. The molecule has 0 spiro atoms. The summed E-state index contributed by atoms with van der Waals surface area (Å²) in [5.41, 5.74) is 0. The Morgan fingerprint density at radius 1 is 1.17 bits per heavy atom. The van der Waals surface area contributed by atoms with Crippen molar-refractivity contribution in [2.45, 2.75) is 45.1 Å². The fourth-order valence-corrected chi connectivity index (χ4v) is 2.64. The standard InChI is InChI=1S/C13H24N2O3/c1-4-10-5-7-11(8-6-10)15(3)13(18)14(2)9-12(16)17/h10-11H,4-9H2,1-3H3,(H,16,17). The summed E-state index contributed by atoms with van der Waals surface area (Å²) in [6, 6.07) is 0.0638. The van der Waals surface area contributed by atoms with Crippen LogP contribution in [0.2, 0.25) is 0 Å². The number of amides is 2. The van der Waals surface area contributed by atoms with Crippen LogP contribution in [0.25, 0.3) is 0 Å². The van der Waals surface area contributed by atoms with E-state index >= 15 is 0 Å². The monoisotopic (exact) mass is 256 g/mol. The predicted molar refractivity (Wildman–Crippen MR) is 69.5 cm³/mol. The van der Waals surface area contributed by atoms with Crippen molar-refractivity contribution in [2.75, 3.05) is 20.6 Å². The van der Waals surface area contributed by atoms with Crippen LogP contribution in [0, 0.1) is 5.92 Å². The van der Waals surface area contributed by atoms with Gasteiger partial charge in [0.05, 0.1) is 0 Å². The molecule has 0 aromatic rings. The molecule has 0 atom stereocenters. The van der Waals surface area contributed by atoms with Crippen LogP contribution in [0.4, 0.5) is 4.79 Å². The number of carboxylic acid groups (broad SMARTS) is 1. The van der Waals surface area contributed by atoms with E-state index in [4.69, 9.17) is 5.11 Å². The largest absolute Gasteiger partial charge is 0.480 e. The third-order valence-corrected chi connectivity index (χ3v) is 3.94. The summed E-state index contributed by atoms with van der Waals surface area (Å²) in [5.74, 6) is -0.185. The maximum absolute atomic E-state index is 12.0. The van der Waals surface area contributed by atoms with Gasteiger partial charge in [0.1, 0.15) is 6.54 Å². The number of carbonyl (C=O) groups excluding carboxylic acids is 1. The van der Waals surface area contributed by atoms with E-state index in [1.54, 1.807) is 11.9 Å². The lowest BCUT2D eigenvalue weighted by Gasteiger charge is -2.36. The van der Waals surface area contributed by atoms with Crippen LogP contribution >= 0.6 is 0 Å². The van der Waals surface area contributed by atoms with Crippen molar-refractivity contribution < 1.29 is 14.7 Å². The molecule has 0 heterocycles. The quantitative estimate of drug-likeness (QED) is 0.837. The first kappa shape index (κ1) is 14.8. The van der Waals surface area contributed by atoms with Gasteiger partial charge in [-0.15, -0.1) is 0 Å². The van der Waals surface area contributed by atoms with Crippen molar-refractivity contribution in [3.8, 4) is 0 Å². The third kappa shape index (κ3) is 3.89. The Labute approximate surface area is 109 Å². The summed E-state index contributed by atoms with van der Waals surface area (Å²) in [6.45, 7) is 1.97. The molecule has 0 bridgehead atoms. The molecule has 5 nitrogen and oxygen atoms in total.